The lowest BCUT2D eigenvalue weighted by molar-refractivity contribution is -0.119. The maximum Gasteiger partial charge on any atom is 0.234 e. The number of benzene rings is 2. The second-order valence-corrected chi connectivity index (χ2v) is 8.38. The van der Waals surface area contributed by atoms with Crippen molar-refractivity contribution in [2.45, 2.75) is 19.3 Å². The van der Waals surface area contributed by atoms with Crippen molar-refractivity contribution < 1.29 is 13.2 Å². The van der Waals surface area contributed by atoms with Crippen molar-refractivity contribution in [2.75, 3.05) is 24.0 Å². The number of hydrogen-bond donors (Lipinski definition) is 0. The molecule has 0 aromatic heterocycles. The lowest BCUT2D eigenvalue weighted by Crippen LogP contribution is -2.32. The van der Waals surface area contributed by atoms with Gasteiger partial charge in [0.2, 0.25) is 5.91 Å². The van der Waals surface area contributed by atoms with Gasteiger partial charge in [-0.2, -0.15) is 0 Å². The van der Waals surface area contributed by atoms with Gasteiger partial charge in [0.1, 0.15) is 9.84 Å². The fraction of sp³-hybridized carbons (Fsp3) is 0.316. The maximum absolute atomic E-state index is 13.0. The number of likely N-dealkylation sites (N-methyl/N-ethyl adjacent to an activating group) is 1. The van der Waals surface area contributed by atoms with Gasteiger partial charge in [-0.25, -0.2) is 8.42 Å². The number of aryl methyl sites for hydroxylation is 1. The van der Waals surface area contributed by atoms with E-state index in [0.29, 0.717) is 0 Å². The Morgan fingerprint density at radius 2 is 1.75 bits per heavy atom. The molecule has 0 N–H and O–H groups in total. The third kappa shape index (κ3) is 4.93. The van der Waals surface area contributed by atoms with Crippen molar-refractivity contribution in [3.05, 3.63) is 65.7 Å². The summed E-state index contributed by atoms with van der Waals surface area (Å²) < 4.78 is 23.1. The van der Waals surface area contributed by atoms with Crippen molar-refractivity contribution in [1.29, 1.82) is 0 Å². The van der Waals surface area contributed by atoms with Gasteiger partial charge in [0.15, 0.2) is 0 Å². The Morgan fingerprint density at radius 1 is 1.08 bits per heavy atom. The Morgan fingerprint density at radius 3 is 2.33 bits per heavy atom. The average Bonchev–Trinajstić information content (AvgIpc) is 2.54. The largest absolute Gasteiger partial charge is 0.315 e. The number of nitrogens with zero attached hydrogens (tertiary/aromatic N) is 1. The zero-order valence-electron chi connectivity index (χ0n) is 14.3. The van der Waals surface area contributed by atoms with Crippen LogP contribution in [0.3, 0.4) is 0 Å². The molecule has 0 aliphatic rings. The summed E-state index contributed by atoms with van der Waals surface area (Å²) >= 11 is 0. The zero-order chi connectivity index (χ0) is 17.7. The SMILES string of the molecule is Cc1cccc(N(C)C(=O)C(CCS(C)(=O)=O)c2ccccc2)c1. The molecule has 0 heterocycles. The lowest BCUT2D eigenvalue weighted by Gasteiger charge is -2.24. The topological polar surface area (TPSA) is 54.5 Å². The highest BCUT2D eigenvalue weighted by atomic mass is 32.2. The molecule has 24 heavy (non-hydrogen) atoms. The number of rotatable bonds is 6. The molecular weight excluding hydrogens is 322 g/mol. The van der Waals surface area contributed by atoms with Crippen LogP contribution in [0, 0.1) is 6.92 Å². The minimum Gasteiger partial charge on any atom is -0.315 e. The van der Waals surface area contributed by atoms with E-state index in [1.165, 1.54) is 6.26 Å². The molecule has 128 valence electrons. The van der Waals surface area contributed by atoms with Crippen LogP contribution in [0.5, 0.6) is 0 Å². The number of sulfone groups is 1. The molecule has 2 aromatic rings. The smallest absolute Gasteiger partial charge is 0.234 e. The van der Waals surface area contributed by atoms with Crippen LogP contribution in [0.2, 0.25) is 0 Å². The van der Waals surface area contributed by atoms with Gasteiger partial charge in [0.05, 0.1) is 11.7 Å². The molecule has 1 atom stereocenters. The van der Waals surface area contributed by atoms with Crippen LogP contribution in [-0.4, -0.2) is 33.4 Å². The van der Waals surface area contributed by atoms with E-state index in [1.807, 2.05) is 61.5 Å². The fourth-order valence-corrected chi connectivity index (χ4v) is 3.31. The van der Waals surface area contributed by atoms with Gasteiger partial charge in [-0.15, -0.1) is 0 Å². The number of anilines is 1. The van der Waals surface area contributed by atoms with Crippen molar-refractivity contribution in [2.24, 2.45) is 0 Å². The van der Waals surface area contributed by atoms with Crippen LogP contribution in [0.1, 0.15) is 23.5 Å². The van der Waals surface area contributed by atoms with E-state index >= 15 is 0 Å². The monoisotopic (exact) mass is 345 g/mol. The minimum atomic E-state index is -3.13. The minimum absolute atomic E-state index is 0.0139. The Hall–Kier alpha value is -2.14. The molecule has 4 nitrogen and oxygen atoms in total. The van der Waals surface area contributed by atoms with Crippen LogP contribution in [0.4, 0.5) is 5.69 Å². The highest BCUT2D eigenvalue weighted by Crippen LogP contribution is 2.25. The van der Waals surface area contributed by atoms with Gasteiger partial charge in [-0.1, -0.05) is 42.5 Å². The Balaban J connectivity index is 2.30. The van der Waals surface area contributed by atoms with E-state index in [0.717, 1.165) is 16.8 Å². The molecule has 2 rings (SSSR count). The first-order valence-corrected chi connectivity index (χ1v) is 9.91. The Kier molecular flexibility index (Phi) is 5.78. The summed E-state index contributed by atoms with van der Waals surface area (Å²) in [4.78, 5) is 14.6. The number of carbonyl (C=O) groups is 1. The molecule has 0 saturated carbocycles. The predicted molar refractivity (Wildman–Crippen MR) is 98.1 cm³/mol. The van der Waals surface area contributed by atoms with Crippen LogP contribution in [0.15, 0.2) is 54.6 Å². The summed E-state index contributed by atoms with van der Waals surface area (Å²) in [7, 11) is -1.40. The Bertz CT molecular complexity index is 800. The van der Waals surface area contributed by atoms with Gasteiger partial charge >= 0.3 is 0 Å². The summed E-state index contributed by atoms with van der Waals surface area (Å²) in [6.45, 7) is 1.97. The third-order valence-electron chi connectivity index (χ3n) is 4.00. The van der Waals surface area contributed by atoms with E-state index in [2.05, 4.69) is 0 Å². The summed E-state index contributed by atoms with van der Waals surface area (Å²) in [5, 5.41) is 0. The molecular formula is C19H23NO3S. The predicted octanol–water partition coefficient (Wildman–Crippen LogP) is 3.18. The summed E-state index contributed by atoms with van der Waals surface area (Å²) in [5.41, 5.74) is 2.71. The highest BCUT2D eigenvalue weighted by molar-refractivity contribution is 7.90. The lowest BCUT2D eigenvalue weighted by atomic mass is 9.95. The van der Waals surface area contributed by atoms with E-state index in [4.69, 9.17) is 0 Å². The summed E-state index contributed by atoms with van der Waals surface area (Å²) in [6.07, 6.45) is 1.47. The van der Waals surface area contributed by atoms with Gasteiger partial charge in [0, 0.05) is 19.0 Å². The molecule has 0 radical (unpaired) electrons. The molecule has 0 aliphatic heterocycles. The first kappa shape index (κ1) is 18.2. The molecule has 0 bridgehead atoms. The van der Waals surface area contributed by atoms with Crippen LogP contribution < -0.4 is 4.90 Å². The molecule has 1 amide bonds. The standard InChI is InChI=1S/C19H23NO3S/c1-15-8-7-11-17(14-15)20(2)19(21)18(12-13-24(3,22)23)16-9-5-4-6-10-16/h4-11,14,18H,12-13H2,1-3H3. The Labute approximate surface area is 144 Å². The van der Waals surface area contributed by atoms with Crippen LogP contribution in [0.25, 0.3) is 0 Å². The summed E-state index contributed by atoms with van der Waals surface area (Å²) in [6, 6.07) is 17.0. The second-order valence-electron chi connectivity index (χ2n) is 6.12. The number of carbonyl (C=O) groups excluding carboxylic acids is 1. The fourth-order valence-electron chi connectivity index (χ4n) is 2.65. The molecule has 0 fully saturated rings. The molecule has 0 spiro atoms. The van der Waals surface area contributed by atoms with Gasteiger partial charge in [0.25, 0.3) is 0 Å². The second kappa shape index (κ2) is 7.62. The highest BCUT2D eigenvalue weighted by Gasteiger charge is 2.25. The molecule has 1 unspecified atom stereocenters. The zero-order valence-corrected chi connectivity index (χ0v) is 15.1. The average molecular weight is 345 g/mol. The number of amides is 1. The van der Waals surface area contributed by atoms with Crippen LogP contribution in [-0.2, 0) is 14.6 Å². The molecule has 0 saturated heterocycles. The van der Waals surface area contributed by atoms with E-state index < -0.39 is 15.8 Å². The normalized spacial score (nSPS) is 12.6. The van der Waals surface area contributed by atoms with Crippen molar-refractivity contribution >= 4 is 21.4 Å². The molecule has 2 aromatic carbocycles. The maximum atomic E-state index is 13.0. The van der Waals surface area contributed by atoms with Crippen LogP contribution >= 0.6 is 0 Å². The third-order valence-corrected chi connectivity index (χ3v) is 4.97. The first-order valence-electron chi connectivity index (χ1n) is 7.85. The van der Waals surface area contributed by atoms with Gasteiger partial charge < -0.3 is 4.90 Å². The quantitative estimate of drug-likeness (QED) is 0.808. The van der Waals surface area contributed by atoms with Crippen molar-refractivity contribution in [3.63, 3.8) is 0 Å². The first-order chi connectivity index (χ1) is 11.3. The van der Waals surface area contributed by atoms with E-state index in [9.17, 15) is 13.2 Å². The van der Waals surface area contributed by atoms with E-state index in [1.54, 1.807) is 11.9 Å². The van der Waals surface area contributed by atoms with Gasteiger partial charge in [-0.05, 0) is 36.6 Å². The summed E-state index contributed by atoms with van der Waals surface area (Å²) in [5.74, 6) is -0.596. The van der Waals surface area contributed by atoms with Crippen molar-refractivity contribution in [3.8, 4) is 0 Å². The van der Waals surface area contributed by atoms with Crippen molar-refractivity contribution in [1.82, 2.24) is 0 Å². The van der Waals surface area contributed by atoms with E-state index in [-0.39, 0.29) is 18.1 Å². The number of hydrogen-bond acceptors (Lipinski definition) is 3. The molecule has 5 heteroatoms. The molecule has 0 aliphatic carbocycles. The van der Waals surface area contributed by atoms with Gasteiger partial charge in [-0.3, -0.25) is 4.79 Å².